The second-order valence-corrected chi connectivity index (χ2v) is 0.204. The number of rotatable bonds is 0. The van der Waals surface area contributed by atoms with Crippen LogP contribution in [0.2, 0.25) is 0 Å². The second-order valence-electron chi connectivity index (χ2n) is 0.204. The Hall–Kier alpha value is 0.189. The van der Waals surface area contributed by atoms with E-state index in [0.717, 1.165) is 0 Å². The van der Waals surface area contributed by atoms with Gasteiger partial charge in [-0.3, -0.25) is 6.29 Å². The van der Waals surface area contributed by atoms with Crippen molar-refractivity contribution in [2.75, 3.05) is 0 Å². The van der Waals surface area contributed by atoms with Crippen LogP contribution in [0.1, 0.15) is 6.92 Å². The first kappa shape index (κ1) is 8.89. The Morgan fingerprint density at radius 3 is 1.75 bits per heavy atom. The van der Waals surface area contributed by atoms with Crippen molar-refractivity contribution in [3.63, 3.8) is 0 Å². The number of carbonyl (C=O) groups excluding carboxylic acids is 1. The molecule has 0 saturated carbocycles. The van der Waals surface area contributed by atoms with E-state index in [1.54, 1.807) is 0 Å². The van der Waals surface area contributed by atoms with E-state index >= 15 is 0 Å². The van der Waals surface area contributed by atoms with E-state index in [2.05, 4.69) is 0 Å². The molecule has 0 fully saturated rings. The molecule has 0 aromatic carbocycles. The fraction of sp³-hybridized carbons (Fsp3) is 0.500. The Balaban J connectivity index is 0. The maximum absolute atomic E-state index is 8.68. The van der Waals surface area contributed by atoms with Gasteiger partial charge in [-0.1, -0.05) is 0 Å². The molecule has 0 spiro atoms. The molecule has 0 aliphatic heterocycles. The van der Waals surface area contributed by atoms with Crippen LogP contribution in [0, 0.1) is 0 Å². The molecule has 0 bridgehead atoms. The Labute approximate surface area is 35.9 Å². The van der Waals surface area contributed by atoms with Crippen molar-refractivity contribution in [1.82, 2.24) is 0 Å². The van der Waals surface area contributed by atoms with Gasteiger partial charge in [0.2, 0.25) is 0 Å². The van der Waals surface area contributed by atoms with Crippen molar-refractivity contribution in [1.29, 1.82) is 0 Å². The van der Waals surface area contributed by atoms with Gasteiger partial charge in [0.1, 0.15) is 0 Å². The molecule has 1 nitrogen and oxygen atoms in total. The van der Waals surface area contributed by atoms with Gasteiger partial charge < -0.3 is 4.79 Å². The van der Waals surface area contributed by atoms with E-state index in [1.807, 2.05) is 0 Å². The van der Waals surface area contributed by atoms with Crippen LogP contribution >= 0.6 is 0 Å². The van der Waals surface area contributed by atoms with Crippen molar-refractivity contribution in [3.05, 3.63) is 0 Å². The van der Waals surface area contributed by atoms with Crippen LogP contribution in [0.15, 0.2) is 0 Å². The predicted molar refractivity (Wildman–Crippen MR) is 11.4 cm³/mol. The van der Waals surface area contributed by atoms with Crippen LogP contribution < -0.4 is 0 Å². The molecule has 26 valence electrons. The molecular formula is C2H3FeO-. The van der Waals surface area contributed by atoms with Gasteiger partial charge in [-0.2, -0.15) is 6.92 Å². The standard InChI is InChI=1S/C2H3O.Fe/c1-2-3;/h1H3;/q-1;. The number of hydrogen-bond donors (Lipinski definition) is 0. The zero-order valence-corrected chi connectivity index (χ0v) is 3.37. The molecule has 0 N–H and O–H groups in total. The Kier molecular flexibility index (Phi) is 24.0. The SMILES string of the molecule is C[C-]=O.[Fe]. The molecule has 4 heavy (non-hydrogen) atoms. The molecule has 0 heterocycles. The average Bonchev–Trinajstić information content (AvgIpc) is 0.918. The molecule has 0 aromatic rings. The van der Waals surface area contributed by atoms with Crippen LogP contribution in [0.25, 0.3) is 0 Å². The monoisotopic (exact) mass is 99.0 g/mol. The molecule has 0 aromatic heterocycles. The molecule has 2 heteroatoms. The van der Waals surface area contributed by atoms with Crippen molar-refractivity contribution in [2.45, 2.75) is 6.92 Å². The van der Waals surface area contributed by atoms with Crippen molar-refractivity contribution in [2.24, 2.45) is 0 Å². The van der Waals surface area contributed by atoms with Crippen LogP contribution in [-0.2, 0) is 21.9 Å². The first-order valence-corrected chi connectivity index (χ1v) is 0.704. The first-order chi connectivity index (χ1) is 1.41. The summed E-state index contributed by atoms with van der Waals surface area (Å²) in [5.74, 6) is 0. The van der Waals surface area contributed by atoms with Gasteiger partial charge in [-0.15, -0.1) is 0 Å². The second kappa shape index (κ2) is 10.8. The van der Waals surface area contributed by atoms with Gasteiger partial charge in [0.25, 0.3) is 0 Å². The van der Waals surface area contributed by atoms with E-state index in [4.69, 9.17) is 4.79 Å². The van der Waals surface area contributed by atoms with Crippen LogP contribution in [-0.4, -0.2) is 6.29 Å². The minimum atomic E-state index is 0. The summed E-state index contributed by atoms with van der Waals surface area (Å²) < 4.78 is 0. The van der Waals surface area contributed by atoms with Gasteiger partial charge in [-0.25, -0.2) is 0 Å². The topological polar surface area (TPSA) is 17.1 Å². The summed E-state index contributed by atoms with van der Waals surface area (Å²) in [6.45, 7) is 1.32. The quantitative estimate of drug-likeness (QED) is 0.311. The summed E-state index contributed by atoms with van der Waals surface area (Å²) in [4.78, 5) is 8.68. The normalized spacial score (nSPS) is 3.25. The number of hydrogen-bond acceptors (Lipinski definition) is 1. The van der Waals surface area contributed by atoms with Crippen LogP contribution in [0.4, 0.5) is 0 Å². The summed E-state index contributed by atoms with van der Waals surface area (Å²) in [7, 11) is 0. The summed E-state index contributed by atoms with van der Waals surface area (Å²) in [6.07, 6.45) is 1.50. The van der Waals surface area contributed by atoms with Gasteiger partial charge in [0.05, 0.1) is 0 Å². The summed E-state index contributed by atoms with van der Waals surface area (Å²) >= 11 is 0. The maximum Gasteiger partial charge on any atom is 0 e. The molecule has 0 saturated heterocycles. The molecule has 0 amide bonds. The first-order valence-electron chi connectivity index (χ1n) is 0.704. The molecule has 0 unspecified atom stereocenters. The van der Waals surface area contributed by atoms with Gasteiger partial charge >= 0.3 is 0 Å². The fourth-order valence-electron chi connectivity index (χ4n) is 0. The molecular weight excluding hydrogens is 95.9 g/mol. The van der Waals surface area contributed by atoms with Crippen LogP contribution in [0.5, 0.6) is 0 Å². The summed E-state index contributed by atoms with van der Waals surface area (Å²) in [6, 6.07) is 0. The zero-order chi connectivity index (χ0) is 2.71. The van der Waals surface area contributed by atoms with Crippen molar-refractivity contribution in [3.8, 4) is 0 Å². The Bertz CT molecular complexity index is 13.5. The van der Waals surface area contributed by atoms with E-state index in [-0.39, 0.29) is 17.1 Å². The Morgan fingerprint density at radius 2 is 1.75 bits per heavy atom. The van der Waals surface area contributed by atoms with E-state index in [1.165, 1.54) is 13.2 Å². The van der Waals surface area contributed by atoms with E-state index < -0.39 is 0 Å². The third-order valence-corrected chi connectivity index (χ3v) is 0. The largest absolute Gasteiger partial charge is 0.542 e. The third kappa shape index (κ3) is 86.3. The van der Waals surface area contributed by atoms with Crippen molar-refractivity contribution < 1.29 is 21.9 Å². The molecule has 0 aliphatic carbocycles. The zero-order valence-electron chi connectivity index (χ0n) is 2.26. The van der Waals surface area contributed by atoms with Gasteiger partial charge in [-0.05, 0) is 0 Å². The summed E-state index contributed by atoms with van der Waals surface area (Å²) in [5, 5.41) is 0. The fourth-order valence-corrected chi connectivity index (χ4v) is 0. The van der Waals surface area contributed by atoms with Crippen LogP contribution in [0.3, 0.4) is 0 Å². The molecule has 0 radical (unpaired) electrons. The predicted octanol–water partition coefficient (Wildman–Crippen LogP) is 0.113. The van der Waals surface area contributed by atoms with Gasteiger partial charge in [0.15, 0.2) is 0 Å². The van der Waals surface area contributed by atoms with E-state index in [9.17, 15) is 0 Å². The Morgan fingerprint density at radius 1 is 1.75 bits per heavy atom. The van der Waals surface area contributed by atoms with E-state index in [0.29, 0.717) is 0 Å². The summed E-state index contributed by atoms with van der Waals surface area (Å²) in [5.41, 5.74) is 0. The van der Waals surface area contributed by atoms with Crippen molar-refractivity contribution >= 4 is 6.29 Å². The minimum absolute atomic E-state index is 0. The maximum atomic E-state index is 8.68. The minimum Gasteiger partial charge on any atom is -0.542 e. The molecule has 0 rings (SSSR count). The van der Waals surface area contributed by atoms with Gasteiger partial charge in [0, 0.05) is 17.1 Å². The smallest absolute Gasteiger partial charge is 0 e. The third-order valence-electron chi connectivity index (χ3n) is 0. The molecule has 0 aliphatic rings. The average molecular weight is 98.9 g/mol. The molecule has 0 atom stereocenters.